The maximum atomic E-state index is 12.8. The lowest BCUT2D eigenvalue weighted by Gasteiger charge is -2.22. The van der Waals surface area contributed by atoms with Crippen LogP contribution in [0.3, 0.4) is 0 Å². The zero-order valence-electron chi connectivity index (χ0n) is 18.7. The summed E-state index contributed by atoms with van der Waals surface area (Å²) in [7, 11) is 0. The van der Waals surface area contributed by atoms with E-state index in [1.165, 1.54) is 17.5 Å². The number of ether oxygens (including phenoxy) is 1. The van der Waals surface area contributed by atoms with Crippen molar-refractivity contribution in [1.82, 2.24) is 14.9 Å². The third kappa shape index (κ3) is 6.25. The number of aromatic nitrogens is 2. The van der Waals surface area contributed by atoms with Gasteiger partial charge in [0.15, 0.2) is 5.13 Å². The molecule has 172 valence electrons. The molecule has 1 fully saturated rings. The Morgan fingerprint density at radius 1 is 1.19 bits per heavy atom. The number of nitrogens with zero attached hydrogens (tertiary/aromatic N) is 4. The van der Waals surface area contributed by atoms with E-state index in [9.17, 15) is 14.4 Å². The Labute approximate surface area is 191 Å². The molecule has 0 unspecified atom stereocenters. The van der Waals surface area contributed by atoms with Crippen molar-refractivity contribution in [3.63, 3.8) is 0 Å². The molecule has 0 atom stereocenters. The van der Waals surface area contributed by atoms with Gasteiger partial charge in [-0.1, -0.05) is 13.8 Å². The van der Waals surface area contributed by atoms with Gasteiger partial charge in [-0.05, 0) is 25.5 Å². The predicted molar refractivity (Wildman–Crippen MR) is 123 cm³/mol. The number of rotatable bonds is 7. The molecule has 2 aromatic heterocycles. The first-order chi connectivity index (χ1) is 15.4. The van der Waals surface area contributed by atoms with Crippen LogP contribution in [0.2, 0.25) is 0 Å². The van der Waals surface area contributed by atoms with Gasteiger partial charge >= 0.3 is 5.97 Å². The largest absolute Gasteiger partial charge is 0.462 e. The van der Waals surface area contributed by atoms with Gasteiger partial charge < -0.3 is 19.9 Å². The zero-order chi connectivity index (χ0) is 23.1. The highest BCUT2D eigenvalue weighted by Gasteiger charge is 2.21. The average molecular weight is 460 g/mol. The number of esters is 1. The van der Waals surface area contributed by atoms with Gasteiger partial charge in [-0.25, -0.2) is 14.8 Å². The second-order valence-electron chi connectivity index (χ2n) is 7.81. The van der Waals surface area contributed by atoms with Crippen molar-refractivity contribution in [2.24, 2.45) is 5.92 Å². The number of thiazole rings is 1. The summed E-state index contributed by atoms with van der Waals surface area (Å²) in [5, 5.41) is 5.10. The first-order valence-corrected chi connectivity index (χ1v) is 11.7. The van der Waals surface area contributed by atoms with Crippen molar-refractivity contribution in [3.8, 4) is 0 Å². The fraction of sp³-hybridized carbons (Fsp3) is 0.500. The molecule has 0 bridgehead atoms. The average Bonchev–Trinajstić information content (AvgIpc) is 3.06. The summed E-state index contributed by atoms with van der Waals surface area (Å²) in [4.78, 5) is 49.1. The summed E-state index contributed by atoms with van der Waals surface area (Å²) in [5.74, 6) is 0.198. The van der Waals surface area contributed by atoms with E-state index in [2.05, 4.69) is 20.2 Å². The molecule has 0 spiro atoms. The van der Waals surface area contributed by atoms with Crippen LogP contribution in [0.4, 0.5) is 10.9 Å². The van der Waals surface area contributed by atoms with E-state index in [0.29, 0.717) is 42.6 Å². The summed E-state index contributed by atoms with van der Waals surface area (Å²) in [6, 6.07) is 3.53. The fourth-order valence-corrected chi connectivity index (χ4v) is 3.98. The Morgan fingerprint density at radius 3 is 2.69 bits per heavy atom. The van der Waals surface area contributed by atoms with E-state index >= 15 is 0 Å². The number of hydrogen-bond acceptors (Lipinski definition) is 8. The van der Waals surface area contributed by atoms with Crippen LogP contribution in [0.25, 0.3) is 0 Å². The standard InChI is InChI=1S/C22H29N5O4S/c1-4-31-21(30)16-6-7-18(23-13-16)26-8-5-9-27(11-10-26)19(28)12-17-14-32-22(24-17)25-20(29)15(2)3/h6-7,13-15H,4-5,8-12H2,1-3H3,(H,24,25,29). The normalized spacial score (nSPS) is 14.2. The van der Waals surface area contributed by atoms with Gasteiger partial charge in [0, 0.05) is 43.7 Å². The van der Waals surface area contributed by atoms with E-state index in [1.54, 1.807) is 13.0 Å². The Morgan fingerprint density at radius 2 is 2.00 bits per heavy atom. The van der Waals surface area contributed by atoms with Crippen LogP contribution in [0.15, 0.2) is 23.7 Å². The van der Waals surface area contributed by atoms with Crippen molar-refractivity contribution in [2.45, 2.75) is 33.6 Å². The van der Waals surface area contributed by atoms with Crippen molar-refractivity contribution < 1.29 is 19.1 Å². The van der Waals surface area contributed by atoms with Gasteiger partial charge in [0.25, 0.3) is 0 Å². The van der Waals surface area contributed by atoms with E-state index in [-0.39, 0.29) is 30.1 Å². The number of carbonyl (C=O) groups excluding carboxylic acids is 3. The number of pyridine rings is 1. The summed E-state index contributed by atoms with van der Waals surface area (Å²) in [5.41, 5.74) is 1.09. The molecular weight excluding hydrogens is 430 g/mol. The third-order valence-electron chi connectivity index (χ3n) is 5.07. The minimum Gasteiger partial charge on any atom is -0.462 e. The molecule has 10 heteroatoms. The first kappa shape index (κ1) is 23.6. The van der Waals surface area contributed by atoms with Crippen molar-refractivity contribution in [3.05, 3.63) is 35.0 Å². The van der Waals surface area contributed by atoms with Crippen LogP contribution in [-0.4, -0.2) is 65.4 Å². The molecule has 2 aromatic rings. The Bertz CT molecular complexity index is 944. The summed E-state index contributed by atoms with van der Waals surface area (Å²) < 4.78 is 4.99. The summed E-state index contributed by atoms with van der Waals surface area (Å²) >= 11 is 1.33. The maximum absolute atomic E-state index is 12.8. The fourth-order valence-electron chi connectivity index (χ4n) is 3.27. The predicted octanol–water partition coefficient (Wildman–Crippen LogP) is 2.59. The maximum Gasteiger partial charge on any atom is 0.339 e. The van der Waals surface area contributed by atoms with Gasteiger partial charge in [0.05, 0.1) is 24.3 Å². The lowest BCUT2D eigenvalue weighted by atomic mass is 10.2. The molecule has 0 radical (unpaired) electrons. The summed E-state index contributed by atoms with van der Waals surface area (Å²) in [6.45, 7) is 8.41. The SMILES string of the molecule is CCOC(=O)c1ccc(N2CCCN(C(=O)Cc3csc(NC(=O)C(C)C)n3)CC2)nc1. The van der Waals surface area contributed by atoms with E-state index in [4.69, 9.17) is 4.74 Å². The lowest BCUT2D eigenvalue weighted by Crippen LogP contribution is -2.36. The number of nitrogens with one attached hydrogen (secondary N) is 1. The highest BCUT2D eigenvalue weighted by molar-refractivity contribution is 7.13. The second-order valence-corrected chi connectivity index (χ2v) is 8.67. The van der Waals surface area contributed by atoms with Crippen LogP contribution in [0, 0.1) is 5.92 Å². The highest BCUT2D eigenvalue weighted by atomic mass is 32.1. The molecule has 3 rings (SSSR count). The van der Waals surface area contributed by atoms with Gasteiger partial charge in [-0.3, -0.25) is 9.59 Å². The molecule has 1 aliphatic heterocycles. The van der Waals surface area contributed by atoms with Crippen LogP contribution < -0.4 is 10.2 Å². The molecular formula is C22H29N5O4S. The minimum absolute atomic E-state index is 0.0181. The number of carbonyl (C=O) groups is 3. The van der Waals surface area contributed by atoms with Gasteiger partial charge in [0.2, 0.25) is 11.8 Å². The molecule has 1 aliphatic rings. The van der Waals surface area contributed by atoms with Crippen molar-refractivity contribution >= 4 is 40.1 Å². The highest BCUT2D eigenvalue weighted by Crippen LogP contribution is 2.19. The van der Waals surface area contributed by atoms with Crippen molar-refractivity contribution in [1.29, 1.82) is 0 Å². The minimum atomic E-state index is -0.381. The molecule has 0 aliphatic carbocycles. The van der Waals surface area contributed by atoms with Gasteiger partial charge in [0.1, 0.15) is 5.82 Å². The Balaban J connectivity index is 1.53. The Kier molecular flexibility index (Phi) is 8.15. The molecule has 2 amide bonds. The van der Waals surface area contributed by atoms with E-state index < -0.39 is 0 Å². The second kappa shape index (κ2) is 11.0. The van der Waals surface area contributed by atoms with Crippen molar-refractivity contribution in [2.75, 3.05) is 43.0 Å². The van der Waals surface area contributed by atoms with Crippen LogP contribution in [0.1, 0.15) is 43.2 Å². The Hall–Kier alpha value is -3.01. The van der Waals surface area contributed by atoms with Crippen LogP contribution in [-0.2, 0) is 20.7 Å². The van der Waals surface area contributed by atoms with Crippen LogP contribution in [0.5, 0.6) is 0 Å². The van der Waals surface area contributed by atoms with E-state index in [0.717, 1.165) is 18.8 Å². The molecule has 9 nitrogen and oxygen atoms in total. The van der Waals surface area contributed by atoms with E-state index in [1.807, 2.05) is 30.2 Å². The van der Waals surface area contributed by atoms with Crippen LogP contribution >= 0.6 is 11.3 Å². The quantitative estimate of drug-likeness (QED) is 0.635. The first-order valence-electron chi connectivity index (χ1n) is 10.8. The monoisotopic (exact) mass is 459 g/mol. The molecule has 1 N–H and O–H groups in total. The molecule has 1 saturated heterocycles. The third-order valence-corrected chi connectivity index (χ3v) is 5.88. The molecule has 0 aromatic carbocycles. The molecule has 0 saturated carbocycles. The molecule has 32 heavy (non-hydrogen) atoms. The smallest absolute Gasteiger partial charge is 0.339 e. The van der Waals surface area contributed by atoms with Gasteiger partial charge in [-0.2, -0.15) is 0 Å². The van der Waals surface area contributed by atoms with Gasteiger partial charge in [-0.15, -0.1) is 11.3 Å². The lowest BCUT2D eigenvalue weighted by molar-refractivity contribution is -0.130. The molecule has 3 heterocycles. The number of anilines is 2. The number of amides is 2. The topological polar surface area (TPSA) is 105 Å². The number of hydrogen-bond donors (Lipinski definition) is 1. The zero-order valence-corrected chi connectivity index (χ0v) is 19.5. The summed E-state index contributed by atoms with van der Waals surface area (Å²) in [6.07, 6.45) is 2.55.